The summed E-state index contributed by atoms with van der Waals surface area (Å²) in [6, 6.07) is 13.5. The monoisotopic (exact) mass is 424 g/mol. The van der Waals surface area contributed by atoms with Gasteiger partial charge in [0.25, 0.3) is 0 Å². The number of hydrogen-bond donors (Lipinski definition) is 2. The molecule has 1 aromatic carbocycles. The normalized spacial score (nSPS) is 16.8. The Bertz CT molecular complexity index is 1240. The molecule has 4 aromatic rings. The zero-order valence-corrected chi connectivity index (χ0v) is 16.4. The molecule has 1 fully saturated rings. The van der Waals surface area contributed by atoms with Crippen molar-refractivity contribution in [3.8, 4) is 17.1 Å². The molecule has 0 amide bonds. The van der Waals surface area contributed by atoms with Crippen LogP contribution in [-0.4, -0.2) is 32.6 Å². The van der Waals surface area contributed by atoms with Crippen molar-refractivity contribution in [1.29, 1.82) is 0 Å². The number of imidazole rings is 1. The first kappa shape index (κ1) is 19.5. The third-order valence-electron chi connectivity index (χ3n) is 5.56. The summed E-state index contributed by atoms with van der Waals surface area (Å²) in [4.78, 5) is 12.5. The summed E-state index contributed by atoms with van der Waals surface area (Å²) in [5.74, 6) is 1.06. The van der Waals surface area contributed by atoms with Crippen molar-refractivity contribution in [2.24, 2.45) is 0 Å². The smallest absolute Gasteiger partial charge is 0.383 e. The number of nitrogens with two attached hydrogens (primary N) is 1. The summed E-state index contributed by atoms with van der Waals surface area (Å²) >= 11 is 0. The molecule has 1 saturated heterocycles. The van der Waals surface area contributed by atoms with Gasteiger partial charge in [-0.1, -0.05) is 12.1 Å². The number of nitrogens with one attached hydrogen (secondary N) is 1. The molecule has 0 saturated carbocycles. The quantitative estimate of drug-likeness (QED) is 0.516. The second-order valence-corrected chi connectivity index (χ2v) is 7.53. The van der Waals surface area contributed by atoms with E-state index in [2.05, 4.69) is 20.3 Å². The number of nitrogen functional groups attached to an aromatic ring is 1. The van der Waals surface area contributed by atoms with Gasteiger partial charge in [-0.2, -0.15) is 13.2 Å². The molecule has 9 heteroatoms. The molecule has 1 atom stereocenters. The van der Waals surface area contributed by atoms with E-state index >= 15 is 0 Å². The van der Waals surface area contributed by atoms with Crippen LogP contribution in [0.25, 0.3) is 28.2 Å². The summed E-state index contributed by atoms with van der Waals surface area (Å²) in [5, 5.41) is 3.34. The third kappa shape index (κ3) is 3.50. The Kier molecular flexibility index (Phi) is 4.62. The Morgan fingerprint density at radius 2 is 1.84 bits per heavy atom. The second kappa shape index (κ2) is 7.35. The molecule has 1 unspecified atom stereocenters. The molecule has 5 rings (SSSR count). The van der Waals surface area contributed by atoms with Gasteiger partial charge in [-0.25, -0.2) is 15.0 Å². The van der Waals surface area contributed by atoms with Crippen molar-refractivity contribution < 1.29 is 13.2 Å². The van der Waals surface area contributed by atoms with Gasteiger partial charge < -0.3 is 11.1 Å². The van der Waals surface area contributed by atoms with Gasteiger partial charge in [0.15, 0.2) is 11.5 Å². The van der Waals surface area contributed by atoms with Gasteiger partial charge in [0.2, 0.25) is 0 Å². The minimum Gasteiger partial charge on any atom is -0.383 e. The van der Waals surface area contributed by atoms with Gasteiger partial charge >= 0.3 is 6.18 Å². The van der Waals surface area contributed by atoms with Crippen LogP contribution in [0.1, 0.15) is 23.6 Å². The average Bonchev–Trinajstić information content (AvgIpc) is 3.41. The Labute approximate surface area is 176 Å². The number of hydrogen-bond acceptors (Lipinski definition) is 5. The number of halogens is 3. The highest BCUT2D eigenvalue weighted by Gasteiger charge is 2.33. The zero-order chi connectivity index (χ0) is 21.6. The lowest BCUT2D eigenvalue weighted by Crippen LogP contribution is -2.09. The highest BCUT2D eigenvalue weighted by molar-refractivity contribution is 5.82. The molecule has 158 valence electrons. The van der Waals surface area contributed by atoms with Crippen molar-refractivity contribution in [3.05, 3.63) is 66.0 Å². The van der Waals surface area contributed by atoms with Crippen LogP contribution in [0, 0.1) is 0 Å². The van der Waals surface area contributed by atoms with Crippen LogP contribution in [0.3, 0.4) is 0 Å². The van der Waals surface area contributed by atoms with E-state index in [0.717, 1.165) is 25.6 Å². The number of fused-ring (bicyclic) bond motifs is 1. The van der Waals surface area contributed by atoms with Crippen LogP contribution >= 0.6 is 0 Å². The van der Waals surface area contributed by atoms with E-state index in [9.17, 15) is 13.2 Å². The molecule has 0 aliphatic carbocycles. The molecule has 0 bridgehead atoms. The summed E-state index contributed by atoms with van der Waals surface area (Å²) in [7, 11) is 0. The fourth-order valence-electron chi connectivity index (χ4n) is 3.98. The fourth-order valence-corrected chi connectivity index (χ4v) is 3.98. The van der Waals surface area contributed by atoms with Crippen molar-refractivity contribution in [2.75, 3.05) is 18.8 Å². The minimum absolute atomic E-state index is 0.114. The summed E-state index contributed by atoms with van der Waals surface area (Å²) in [6.45, 7) is 1.90. The first-order valence-corrected chi connectivity index (χ1v) is 9.90. The molecule has 0 spiro atoms. The maximum Gasteiger partial charge on any atom is 0.433 e. The zero-order valence-electron chi connectivity index (χ0n) is 16.4. The maximum atomic E-state index is 13.3. The molecule has 3 N–H and O–H groups in total. The highest BCUT2D eigenvalue weighted by atomic mass is 19.4. The van der Waals surface area contributed by atoms with Gasteiger partial charge in [0, 0.05) is 18.4 Å². The Balaban J connectivity index is 1.72. The van der Waals surface area contributed by atoms with Gasteiger partial charge in [-0.15, -0.1) is 0 Å². The summed E-state index contributed by atoms with van der Waals surface area (Å²) in [6.07, 6.45) is -1.95. The van der Waals surface area contributed by atoms with Gasteiger partial charge in [-0.3, -0.25) is 4.57 Å². The molecule has 0 radical (unpaired) electrons. The average molecular weight is 424 g/mol. The maximum absolute atomic E-state index is 13.3. The molecular formula is C22H19F3N6. The molecule has 3 aromatic heterocycles. The predicted octanol–water partition coefficient (Wildman–Crippen LogP) is 4.16. The molecule has 31 heavy (non-hydrogen) atoms. The largest absolute Gasteiger partial charge is 0.433 e. The number of benzene rings is 1. The predicted molar refractivity (Wildman–Crippen MR) is 112 cm³/mol. The number of pyridine rings is 2. The van der Waals surface area contributed by atoms with E-state index in [1.807, 2.05) is 24.3 Å². The molecule has 6 nitrogen and oxygen atoms in total. The van der Waals surface area contributed by atoms with Gasteiger partial charge in [0.1, 0.15) is 17.0 Å². The first-order valence-electron chi connectivity index (χ1n) is 9.90. The van der Waals surface area contributed by atoms with Crippen molar-refractivity contribution in [1.82, 2.24) is 24.8 Å². The molecule has 4 heterocycles. The van der Waals surface area contributed by atoms with E-state index in [1.165, 1.54) is 11.6 Å². The van der Waals surface area contributed by atoms with Crippen LogP contribution < -0.4 is 11.1 Å². The van der Waals surface area contributed by atoms with Gasteiger partial charge in [-0.05, 0) is 60.8 Å². The van der Waals surface area contributed by atoms with Crippen molar-refractivity contribution in [2.45, 2.75) is 18.5 Å². The third-order valence-corrected chi connectivity index (χ3v) is 5.56. The number of nitrogens with zero attached hydrogens (tertiary/aromatic N) is 4. The lowest BCUT2D eigenvalue weighted by Gasteiger charge is -2.13. The number of rotatable bonds is 3. The molecular weight excluding hydrogens is 405 g/mol. The lowest BCUT2D eigenvalue weighted by atomic mass is 9.98. The first-order chi connectivity index (χ1) is 14.9. The standard InChI is InChI=1S/C22H19F3N6/c23-22(24,25)18-8-7-17-21(30-18)31(20(29-17)16-2-1-10-28-19(16)26)15-5-3-13(4-6-15)14-9-11-27-12-14/h1-8,10,14,27H,9,11-12H2,(H2,26,28). The summed E-state index contributed by atoms with van der Waals surface area (Å²) in [5.41, 5.74) is 7.91. The lowest BCUT2D eigenvalue weighted by molar-refractivity contribution is -0.141. The van der Waals surface area contributed by atoms with Crippen LogP contribution in [0.2, 0.25) is 0 Å². The SMILES string of the molecule is Nc1ncccc1-c1nc2ccc(C(F)(F)F)nc2n1-c1ccc(C2CCNC2)cc1. The number of aromatic nitrogens is 4. The van der Waals surface area contributed by atoms with E-state index in [-0.39, 0.29) is 11.5 Å². The minimum atomic E-state index is -4.56. The van der Waals surface area contributed by atoms with E-state index in [1.54, 1.807) is 22.9 Å². The Morgan fingerprint density at radius 1 is 1.03 bits per heavy atom. The van der Waals surface area contributed by atoms with E-state index in [0.29, 0.717) is 28.5 Å². The number of alkyl halides is 3. The fraction of sp³-hybridized carbons (Fsp3) is 0.227. The topological polar surface area (TPSA) is 81.7 Å². The Morgan fingerprint density at radius 3 is 2.52 bits per heavy atom. The van der Waals surface area contributed by atoms with Crippen molar-refractivity contribution >= 4 is 17.0 Å². The van der Waals surface area contributed by atoms with E-state index < -0.39 is 11.9 Å². The van der Waals surface area contributed by atoms with Gasteiger partial charge in [0.05, 0.1) is 5.56 Å². The van der Waals surface area contributed by atoms with Crippen LogP contribution in [0.15, 0.2) is 54.7 Å². The second-order valence-electron chi connectivity index (χ2n) is 7.53. The number of anilines is 1. The van der Waals surface area contributed by atoms with Crippen LogP contribution in [-0.2, 0) is 6.18 Å². The molecule has 1 aliphatic heterocycles. The van der Waals surface area contributed by atoms with Crippen molar-refractivity contribution in [3.63, 3.8) is 0 Å². The summed E-state index contributed by atoms with van der Waals surface area (Å²) < 4.78 is 41.6. The van der Waals surface area contributed by atoms with Crippen LogP contribution in [0.5, 0.6) is 0 Å². The molecule has 1 aliphatic rings. The Hall–Kier alpha value is -3.46. The van der Waals surface area contributed by atoms with Crippen LogP contribution in [0.4, 0.5) is 19.0 Å². The van der Waals surface area contributed by atoms with E-state index in [4.69, 9.17) is 5.73 Å². The highest BCUT2D eigenvalue weighted by Crippen LogP contribution is 2.34.